The molecule has 1 atom stereocenters. The van der Waals surface area contributed by atoms with Gasteiger partial charge in [0.25, 0.3) is 0 Å². The van der Waals surface area contributed by atoms with E-state index in [2.05, 4.69) is 64.5 Å². The number of aromatic amines is 1. The average Bonchev–Trinajstić information content (AvgIpc) is 3.24. The molecule has 3 aromatic carbocycles. The third kappa shape index (κ3) is 5.43. The van der Waals surface area contributed by atoms with Gasteiger partial charge in [0.1, 0.15) is 12.4 Å². The van der Waals surface area contributed by atoms with Crippen LogP contribution in [0.5, 0.6) is 11.6 Å². The van der Waals surface area contributed by atoms with E-state index in [1.165, 1.54) is 22.4 Å². The molecule has 35 heavy (non-hydrogen) atoms. The predicted octanol–water partition coefficient (Wildman–Crippen LogP) is 5.87. The van der Waals surface area contributed by atoms with Gasteiger partial charge in [0, 0.05) is 24.7 Å². The Bertz CT molecular complexity index is 1330. The molecule has 4 aromatic rings. The van der Waals surface area contributed by atoms with Crippen molar-refractivity contribution >= 4 is 17.0 Å². The first kappa shape index (κ1) is 23.2. The van der Waals surface area contributed by atoms with E-state index in [-0.39, 0.29) is 16.7 Å². The fraction of sp³-hybridized carbons (Fsp3) is 0.276. The van der Waals surface area contributed by atoms with Crippen molar-refractivity contribution in [3.05, 3.63) is 110 Å². The molecule has 180 valence electrons. The van der Waals surface area contributed by atoms with Crippen LogP contribution in [0.25, 0.3) is 0 Å². The van der Waals surface area contributed by atoms with Crippen LogP contribution in [0.2, 0.25) is 0 Å². The summed E-state index contributed by atoms with van der Waals surface area (Å²) in [5.74, 6) is 0.853. The van der Waals surface area contributed by atoms with Gasteiger partial charge in [-0.15, -0.1) is 0 Å². The first-order valence-electron chi connectivity index (χ1n) is 12.1. The molecule has 0 saturated heterocycles. The molecular formula is C29H30N2O3S. The number of fused-ring (bicyclic) bond motifs is 1. The molecule has 0 spiro atoms. The molecule has 0 bridgehead atoms. The smallest absolute Gasteiger partial charge is 0.307 e. The van der Waals surface area contributed by atoms with Crippen LogP contribution >= 0.6 is 11.3 Å². The van der Waals surface area contributed by atoms with Gasteiger partial charge in [-0.2, -0.15) is 0 Å². The number of ether oxygens (including phenoxy) is 1. The Morgan fingerprint density at radius 2 is 1.86 bits per heavy atom. The SMILES string of the molecule is CC(c1ccc2c(c1)CCCN2CCc1ccc(OCc2ccccc2)cc1)c1sc(=O)[nH]c1O. The Morgan fingerprint density at radius 1 is 1.06 bits per heavy atom. The zero-order valence-corrected chi connectivity index (χ0v) is 20.7. The molecule has 2 heterocycles. The van der Waals surface area contributed by atoms with Gasteiger partial charge in [-0.3, -0.25) is 9.78 Å². The molecule has 1 aliphatic heterocycles. The predicted molar refractivity (Wildman–Crippen MR) is 142 cm³/mol. The van der Waals surface area contributed by atoms with Crippen molar-refractivity contribution in [2.45, 2.75) is 38.7 Å². The molecule has 1 unspecified atom stereocenters. The number of aromatic hydroxyl groups is 1. The molecule has 1 aromatic heterocycles. The Labute approximate surface area is 209 Å². The highest BCUT2D eigenvalue weighted by molar-refractivity contribution is 7.09. The van der Waals surface area contributed by atoms with Crippen LogP contribution < -0.4 is 14.5 Å². The number of anilines is 1. The second-order valence-electron chi connectivity index (χ2n) is 9.10. The van der Waals surface area contributed by atoms with Crippen molar-refractivity contribution in [2.75, 3.05) is 18.0 Å². The molecule has 5 rings (SSSR count). The van der Waals surface area contributed by atoms with Gasteiger partial charge < -0.3 is 14.7 Å². The van der Waals surface area contributed by atoms with Gasteiger partial charge in [0.2, 0.25) is 5.88 Å². The van der Waals surface area contributed by atoms with E-state index >= 15 is 0 Å². The lowest BCUT2D eigenvalue weighted by atomic mass is 9.93. The molecule has 0 radical (unpaired) electrons. The summed E-state index contributed by atoms with van der Waals surface area (Å²) in [6.07, 6.45) is 3.15. The molecule has 1 aliphatic rings. The number of aryl methyl sites for hydroxylation is 1. The maximum absolute atomic E-state index is 11.6. The van der Waals surface area contributed by atoms with Crippen LogP contribution in [-0.4, -0.2) is 23.2 Å². The quantitative estimate of drug-likeness (QED) is 0.327. The lowest BCUT2D eigenvalue weighted by Crippen LogP contribution is -2.31. The van der Waals surface area contributed by atoms with Gasteiger partial charge in [0.05, 0.1) is 4.88 Å². The molecule has 6 heteroatoms. The Kier molecular flexibility index (Phi) is 6.91. The van der Waals surface area contributed by atoms with Gasteiger partial charge in [-0.25, -0.2) is 0 Å². The van der Waals surface area contributed by atoms with E-state index in [0.29, 0.717) is 11.5 Å². The number of nitrogens with one attached hydrogen (secondary N) is 1. The van der Waals surface area contributed by atoms with Gasteiger partial charge in [0.15, 0.2) is 0 Å². The van der Waals surface area contributed by atoms with E-state index in [9.17, 15) is 9.90 Å². The highest BCUT2D eigenvalue weighted by atomic mass is 32.1. The Morgan fingerprint density at radius 3 is 2.60 bits per heavy atom. The van der Waals surface area contributed by atoms with Crippen molar-refractivity contribution in [3.63, 3.8) is 0 Å². The van der Waals surface area contributed by atoms with Gasteiger partial charge >= 0.3 is 4.87 Å². The number of rotatable bonds is 8. The first-order chi connectivity index (χ1) is 17.1. The third-order valence-electron chi connectivity index (χ3n) is 6.71. The van der Waals surface area contributed by atoms with Crippen LogP contribution in [0.1, 0.15) is 46.4 Å². The Balaban J connectivity index is 1.21. The van der Waals surface area contributed by atoms with Crippen LogP contribution in [0, 0.1) is 0 Å². The minimum atomic E-state index is -0.218. The fourth-order valence-corrected chi connectivity index (χ4v) is 5.54. The maximum atomic E-state index is 11.6. The van der Waals surface area contributed by atoms with Crippen LogP contribution in [0.4, 0.5) is 5.69 Å². The Hall–Kier alpha value is -3.51. The minimum absolute atomic E-state index is 0.0108. The normalized spacial score (nSPS) is 13.9. The molecule has 2 N–H and O–H groups in total. The van der Waals surface area contributed by atoms with Crippen molar-refractivity contribution in [2.24, 2.45) is 0 Å². The standard InChI is InChI=1S/C29H30N2O3S/c1-20(27-28(32)30-29(33)35-27)23-11-14-26-24(18-23)8-5-16-31(26)17-15-21-9-12-25(13-10-21)34-19-22-6-3-2-4-7-22/h2-4,6-7,9-14,18,20,32H,5,8,15-17,19H2,1H3,(H,30,33). The summed E-state index contributed by atoms with van der Waals surface area (Å²) in [5.41, 5.74) is 6.22. The summed E-state index contributed by atoms with van der Waals surface area (Å²) in [4.78, 5) is 17.0. The number of H-pyrrole nitrogens is 1. The largest absolute Gasteiger partial charge is 0.494 e. The van der Waals surface area contributed by atoms with Crippen LogP contribution in [-0.2, 0) is 19.4 Å². The fourth-order valence-electron chi connectivity index (χ4n) is 4.73. The summed E-state index contributed by atoms with van der Waals surface area (Å²) in [6, 6.07) is 25.2. The number of aromatic nitrogens is 1. The van der Waals surface area contributed by atoms with Gasteiger partial charge in [-0.05, 0) is 59.7 Å². The van der Waals surface area contributed by atoms with Gasteiger partial charge in [-0.1, -0.05) is 72.9 Å². The number of thiazole rings is 1. The average molecular weight is 487 g/mol. The second-order valence-corrected chi connectivity index (χ2v) is 10.1. The highest BCUT2D eigenvalue weighted by Crippen LogP contribution is 2.35. The molecule has 0 fully saturated rings. The van der Waals surface area contributed by atoms with Crippen molar-refractivity contribution in [1.29, 1.82) is 0 Å². The summed E-state index contributed by atoms with van der Waals surface area (Å²) in [6.45, 7) is 4.63. The minimum Gasteiger partial charge on any atom is -0.494 e. The summed E-state index contributed by atoms with van der Waals surface area (Å²) in [5, 5.41) is 10.1. The van der Waals surface area contributed by atoms with Crippen molar-refractivity contribution in [3.8, 4) is 11.6 Å². The van der Waals surface area contributed by atoms with E-state index in [4.69, 9.17) is 4.74 Å². The molecule has 0 aliphatic carbocycles. The third-order valence-corrected chi connectivity index (χ3v) is 7.76. The topological polar surface area (TPSA) is 65.6 Å². The maximum Gasteiger partial charge on any atom is 0.307 e. The number of benzene rings is 3. The zero-order valence-electron chi connectivity index (χ0n) is 19.9. The lowest BCUT2D eigenvalue weighted by molar-refractivity contribution is 0.306. The summed E-state index contributed by atoms with van der Waals surface area (Å²) < 4.78 is 5.91. The van der Waals surface area contributed by atoms with Crippen LogP contribution in [0.3, 0.4) is 0 Å². The van der Waals surface area contributed by atoms with E-state index < -0.39 is 0 Å². The zero-order chi connectivity index (χ0) is 24.2. The second kappa shape index (κ2) is 10.4. The molecular weight excluding hydrogens is 456 g/mol. The van der Waals surface area contributed by atoms with E-state index in [1.54, 1.807) is 0 Å². The molecule has 0 saturated carbocycles. The van der Waals surface area contributed by atoms with E-state index in [1.807, 2.05) is 25.1 Å². The molecule has 0 amide bonds. The highest BCUT2D eigenvalue weighted by Gasteiger charge is 2.21. The van der Waals surface area contributed by atoms with Crippen LogP contribution in [0.15, 0.2) is 77.6 Å². The summed E-state index contributed by atoms with van der Waals surface area (Å²) >= 11 is 1.08. The lowest BCUT2D eigenvalue weighted by Gasteiger charge is -2.32. The van der Waals surface area contributed by atoms with E-state index in [0.717, 1.165) is 55.0 Å². The number of nitrogens with zero attached hydrogens (tertiary/aromatic N) is 1. The summed E-state index contributed by atoms with van der Waals surface area (Å²) in [7, 11) is 0. The monoisotopic (exact) mass is 486 g/mol. The first-order valence-corrected chi connectivity index (χ1v) is 12.9. The molecule has 5 nitrogen and oxygen atoms in total. The number of hydrogen-bond donors (Lipinski definition) is 2. The number of hydrogen-bond acceptors (Lipinski definition) is 5. The van der Waals surface area contributed by atoms with Crippen molar-refractivity contribution < 1.29 is 9.84 Å². The van der Waals surface area contributed by atoms with Crippen molar-refractivity contribution in [1.82, 2.24) is 4.98 Å².